The molecule has 1 amide bonds. The molecule has 2 N–H and O–H groups in total. The molecule has 0 aliphatic rings. The molecule has 0 spiro atoms. The van der Waals surface area contributed by atoms with E-state index in [0.29, 0.717) is 34.0 Å². The minimum absolute atomic E-state index is 0.0916. The average molecular weight is 426 g/mol. The zero-order valence-electron chi connectivity index (χ0n) is 16.8. The Kier molecular flexibility index (Phi) is 6.27. The molecule has 0 aromatic heterocycles. The second-order valence-electron chi connectivity index (χ2n) is 6.50. The Morgan fingerprint density at radius 1 is 0.867 bits per heavy atom. The van der Waals surface area contributed by atoms with Gasteiger partial charge in [-0.25, -0.2) is 8.42 Å². The monoisotopic (exact) mass is 426 g/mol. The first-order chi connectivity index (χ1) is 14.3. The van der Waals surface area contributed by atoms with Crippen molar-refractivity contribution in [2.24, 2.45) is 0 Å². The van der Waals surface area contributed by atoms with E-state index in [0.717, 1.165) is 0 Å². The second kappa shape index (κ2) is 8.87. The molecule has 0 unspecified atom stereocenters. The minimum atomic E-state index is -3.82. The summed E-state index contributed by atoms with van der Waals surface area (Å²) in [4.78, 5) is 12.7. The molecule has 0 aliphatic heterocycles. The van der Waals surface area contributed by atoms with Crippen LogP contribution in [-0.4, -0.2) is 28.5 Å². The molecule has 3 aromatic rings. The average Bonchev–Trinajstić information content (AvgIpc) is 2.75. The molecular weight excluding hydrogens is 404 g/mol. The van der Waals surface area contributed by atoms with E-state index in [1.54, 1.807) is 62.6 Å². The van der Waals surface area contributed by atoms with Crippen LogP contribution in [-0.2, 0) is 10.0 Å². The van der Waals surface area contributed by atoms with E-state index in [1.165, 1.54) is 25.3 Å². The molecule has 0 radical (unpaired) electrons. The molecule has 0 bridgehead atoms. The van der Waals surface area contributed by atoms with Crippen LogP contribution in [0.1, 0.15) is 15.9 Å². The Morgan fingerprint density at radius 3 is 2.23 bits per heavy atom. The van der Waals surface area contributed by atoms with Gasteiger partial charge in [0, 0.05) is 17.3 Å². The highest BCUT2D eigenvalue weighted by atomic mass is 32.2. The van der Waals surface area contributed by atoms with E-state index in [9.17, 15) is 13.2 Å². The van der Waals surface area contributed by atoms with E-state index in [1.807, 2.05) is 0 Å². The van der Waals surface area contributed by atoms with Crippen LogP contribution in [0.25, 0.3) is 0 Å². The summed E-state index contributed by atoms with van der Waals surface area (Å²) < 4.78 is 38.2. The Balaban J connectivity index is 1.82. The lowest BCUT2D eigenvalue weighted by atomic mass is 10.1. The lowest BCUT2D eigenvalue weighted by Crippen LogP contribution is -2.16. The lowest BCUT2D eigenvalue weighted by Gasteiger charge is -2.13. The number of amides is 1. The number of nitrogens with one attached hydrogen (secondary N) is 2. The lowest BCUT2D eigenvalue weighted by molar-refractivity contribution is 0.102. The largest absolute Gasteiger partial charge is 0.497 e. The summed E-state index contributed by atoms with van der Waals surface area (Å²) >= 11 is 0. The van der Waals surface area contributed by atoms with Gasteiger partial charge in [-0.2, -0.15) is 0 Å². The molecule has 0 heterocycles. The number of benzene rings is 3. The van der Waals surface area contributed by atoms with Crippen LogP contribution in [0, 0.1) is 6.92 Å². The maximum absolute atomic E-state index is 12.7. The number of carbonyl (C=O) groups is 1. The zero-order chi connectivity index (χ0) is 21.7. The molecule has 0 atom stereocenters. The maximum Gasteiger partial charge on any atom is 0.261 e. The number of anilines is 2. The van der Waals surface area contributed by atoms with Crippen molar-refractivity contribution in [3.05, 3.63) is 77.9 Å². The number of sulfonamides is 1. The van der Waals surface area contributed by atoms with Crippen molar-refractivity contribution in [3.8, 4) is 11.5 Å². The van der Waals surface area contributed by atoms with Crippen LogP contribution in [0.4, 0.5) is 11.4 Å². The van der Waals surface area contributed by atoms with E-state index in [-0.39, 0.29) is 10.8 Å². The van der Waals surface area contributed by atoms with E-state index >= 15 is 0 Å². The third-order valence-corrected chi connectivity index (χ3v) is 5.82. The first-order valence-corrected chi connectivity index (χ1v) is 10.5. The van der Waals surface area contributed by atoms with Crippen molar-refractivity contribution in [2.75, 3.05) is 24.3 Å². The Hall–Kier alpha value is -3.52. The molecule has 0 saturated carbocycles. The summed E-state index contributed by atoms with van der Waals surface area (Å²) in [6, 6.07) is 17.8. The number of ether oxygens (including phenoxy) is 2. The van der Waals surface area contributed by atoms with Gasteiger partial charge >= 0.3 is 0 Å². The SMILES string of the molecule is COc1ccc(S(=O)(=O)Nc2cc(C(=O)Nc3cccc(OC)c3)ccc2C)cc1. The van der Waals surface area contributed by atoms with Crippen LogP contribution in [0.2, 0.25) is 0 Å². The molecule has 7 nitrogen and oxygen atoms in total. The van der Waals surface area contributed by atoms with Gasteiger partial charge in [0.25, 0.3) is 15.9 Å². The van der Waals surface area contributed by atoms with E-state index < -0.39 is 10.0 Å². The molecule has 0 aliphatic carbocycles. The predicted molar refractivity (Wildman–Crippen MR) is 116 cm³/mol. The highest BCUT2D eigenvalue weighted by Gasteiger charge is 2.17. The smallest absolute Gasteiger partial charge is 0.261 e. The van der Waals surface area contributed by atoms with Crippen LogP contribution in [0.15, 0.2) is 71.6 Å². The molecule has 3 aromatic carbocycles. The summed E-state index contributed by atoms with van der Waals surface area (Å²) in [5.74, 6) is 0.805. The fourth-order valence-corrected chi connectivity index (χ4v) is 3.86. The standard InChI is InChI=1S/C22H22N2O5S/c1-15-7-8-16(22(25)23-17-5-4-6-19(14-17)29-3)13-21(15)24-30(26,27)20-11-9-18(28-2)10-12-20/h4-14,24H,1-3H3,(H,23,25). The summed E-state index contributed by atoms with van der Waals surface area (Å²) in [6.45, 7) is 1.76. The topological polar surface area (TPSA) is 93.7 Å². The summed E-state index contributed by atoms with van der Waals surface area (Å²) in [7, 11) is -0.774. The quantitative estimate of drug-likeness (QED) is 0.594. The molecule has 156 valence electrons. The molecule has 30 heavy (non-hydrogen) atoms. The van der Waals surface area contributed by atoms with Crippen molar-refractivity contribution >= 4 is 27.3 Å². The van der Waals surface area contributed by atoms with E-state index in [2.05, 4.69) is 10.0 Å². The molecule has 0 saturated heterocycles. The second-order valence-corrected chi connectivity index (χ2v) is 8.18. The fraction of sp³-hybridized carbons (Fsp3) is 0.136. The summed E-state index contributed by atoms with van der Waals surface area (Å²) in [5, 5.41) is 2.78. The van der Waals surface area contributed by atoms with Crippen molar-refractivity contribution in [1.29, 1.82) is 0 Å². The van der Waals surface area contributed by atoms with E-state index in [4.69, 9.17) is 9.47 Å². The highest BCUT2D eigenvalue weighted by molar-refractivity contribution is 7.92. The molecule has 8 heteroatoms. The van der Waals surface area contributed by atoms with Gasteiger partial charge < -0.3 is 14.8 Å². The van der Waals surface area contributed by atoms with Crippen LogP contribution < -0.4 is 19.5 Å². The Labute approximate surface area is 175 Å². The highest BCUT2D eigenvalue weighted by Crippen LogP contribution is 2.24. The van der Waals surface area contributed by atoms with Crippen molar-refractivity contribution in [2.45, 2.75) is 11.8 Å². The number of methoxy groups -OCH3 is 2. The summed E-state index contributed by atoms with van der Waals surface area (Å²) in [6.07, 6.45) is 0. The van der Waals surface area contributed by atoms with Gasteiger partial charge in [-0.05, 0) is 61.0 Å². The van der Waals surface area contributed by atoms with Crippen molar-refractivity contribution in [1.82, 2.24) is 0 Å². The van der Waals surface area contributed by atoms with Gasteiger partial charge in [0.1, 0.15) is 11.5 Å². The first kappa shape index (κ1) is 21.2. The number of aryl methyl sites for hydroxylation is 1. The zero-order valence-corrected chi connectivity index (χ0v) is 17.6. The Bertz CT molecular complexity index is 1160. The fourth-order valence-electron chi connectivity index (χ4n) is 2.74. The number of rotatable bonds is 7. The van der Waals surface area contributed by atoms with Crippen molar-refractivity contribution < 1.29 is 22.7 Å². The van der Waals surface area contributed by atoms with Gasteiger partial charge in [-0.15, -0.1) is 0 Å². The Morgan fingerprint density at radius 2 is 1.57 bits per heavy atom. The first-order valence-electron chi connectivity index (χ1n) is 9.05. The molecular formula is C22H22N2O5S. The number of hydrogen-bond donors (Lipinski definition) is 2. The van der Waals surface area contributed by atoms with Gasteiger partial charge in [0.2, 0.25) is 0 Å². The van der Waals surface area contributed by atoms with Crippen LogP contribution in [0.5, 0.6) is 11.5 Å². The van der Waals surface area contributed by atoms with Crippen LogP contribution in [0.3, 0.4) is 0 Å². The predicted octanol–water partition coefficient (Wildman–Crippen LogP) is 4.07. The molecule has 3 rings (SSSR count). The van der Waals surface area contributed by atoms with Gasteiger partial charge in [-0.1, -0.05) is 12.1 Å². The van der Waals surface area contributed by atoms with Crippen molar-refractivity contribution in [3.63, 3.8) is 0 Å². The number of hydrogen-bond acceptors (Lipinski definition) is 5. The van der Waals surface area contributed by atoms with Gasteiger partial charge in [0.05, 0.1) is 24.8 Å². The molecule has 0 fully saturated rings. The minimum Gasteiger partial charge on any atom is -0.497 e. The summed E-state index contributed by atoms with van der Waals surface area (Å²) in [5.41, 5.74) is 1.89. The normalized spacial score (nSPS) is 10.9. The third-order valence-electron chi connectivity index (χ3n) is 4.44. The van der Waals surface area contributed by atoms with Gasteiger partial charge in [-0.3, -0.25) is 9.52 Å². The van der Waals surface area contributed by atoms with Gasteiger partial charge in [0.15, 0.2) is 0 Å². The third kappa shape index (κ3) is 4.90. The maximum atomic E-state index is 12.7. The number of carbonyl (C=O) groups excluding carboxylic acids is 1. The van der Waals surface area contributed by atoms with Crippen LogP contribution >= 0.6 is 0 Å².